The van der Waals surface area contributed by atoms with Gasteiger partial charge in [0.05, 0.1) is 25.9 Å². The van der Waals surface area contributed by atoms with Crippen molar-refractivity contribution in [3.05, 3.63) is 47.2 Å². The molecule has 0 unspecified atom stereocenters. The zero-order valence-electron chi connectivity index (χ0n) is 13.8. The lowest BCUT2D eigenvalue weighted by Gasteiger charge is -2.00. The van der Waals surface area contributed by atoms with Gasteiger partial charge in [-0.25, -0.2) is 4.68 Å². The molecule has 0 spiro atoms. The van der Waals surface area contributed by atoms with Gasteiger partial charge in [-0.3, -0.25) is 4.79 Å². The quantitative estimate of drug-likeness (QED) is 0.617. The molecule has 0 saturated carbocycles. The summed E-state index contributed by atoms with van der Waals surface area (Å²) < 4.78 is 6.83. The molecule has 3 aromatic rings. The minimum Gasteiger partial charge on any atom is -0.380 e. The molecule has 0 bridgehead atoms. The van der Waals surface area contributed by atoms with Crippen molar-refractivity contribution in [2.45, 2.75) is 20.0 Å². The molecule has 1 aromatic carbocycles. The molecular formula is C16H18N6O2S. The fraction of sp³-hybridized carbons (Fsp3) is 0.312. The van der Waals surface area contributed by atoms with E-state index in [9.17, 15) is 4.79 Å². The van der Waals surface area contributed by atoms with Gasteiger partial charge in [-0.15, -0.1) is 15.3 Å². The summed E-state index contributed by atoms with van der Waals surface area (Å²) in [6.45, 7) is 3.97. The van der Waals surface area contributed by atoms with Crippen molar-refractivity contribution in [1.82, 2.24) is 30.5 Å². The van der Waals surface area contributed by atoms with Crippen molar-refractivity contribution in [3.63, 3.8) is 0 Å². The second kappa shape index (κ2) is 8.45. The van der Waals surface area contributed by atoms with Crippen LogP contribution in [0.25, 0.3) is 10.6 Å². The molecule has 0 saturated heterocycles. The highest BCUT2D eigenvalue weighted by molar-refractivity contribution is 7.14. The van der Waals surface area contributed by atoms with Gasteiger partial charge in [-0.2, -0.15) is 0 Å². The Hall–Kier alpha value is -2.65. The number of nitrogens with one attached hydrogen (secondary N) is 1. The van der Waals surface area contributed by atoms with Gasteiger partial charge in [0.2, 0.25) is 0 Å². The zero-order valence-corrected chi connectivity index (χ0v) is 14.6. The van der Waals surface area contributed by atoms with E-state index in [-0.39, 0.29) is 11.6 Å². The van der Waals surface area contributed by atoms with E-state index in [2.05, 4.69) is 25.8 Å². The first kappa shape index (κ1) is 17.2. The molecule has 0 aliphatic carbocycles. The molecule has 3 rings (SSSR count). The first-order valence-corrected chi connectivity index (χ1v) is 8.72. The van der Waals surface area contributed by atoms with Crippen LogP contribution in [0.4, 0.5) is 0 Å². The smallest absolute Gasteiger partial charge is 0.273 e. The number of carbonyl (C=O) groups excluding carboxylic acids is 1. The highest BCUT2D eigenvalue weighted by atomic mass is 32.1. The molecule has 2 heterocycles. The lowest BCUT2D eigenvalue weighted by Crippen LogP contribution is -2.23. The van der Waals surface area contributed by atoms with Crippen LogP contribution in [0.5, 0.6) is 0 Å². The van der Waals surface area contributed by atoms with Crippen LogP contribution in [0.3, 0.4) is 0 Å². The Bertz CT molecular complexity index is 817. The predicted molar refractivity (Wildman–Crippen MR) is 93.0 cm³/mol. The van der Waals surface area contributed by atoms with Crippen LogP contribution >= 0.6 is 11.3 Å². The maximum Gasteiger partial charge on any atom is 0.273 e. The minimum absolute atomic E-state index is 0.268. The van der Waals surface area contributed by atoms with Crippen LogP contribution in [0.1, 0.15) is 22.4 Å². The molecule has 0 fully saturated rings. The molecule has 0 aliphatic heterocycles. The number of amides is 1. The van der Waals surface area contributed by atoms with Gasteiger partial charge in [-0.1, -0.05) is 46.9 Å². The van der Waals surface area contributed by atoms with E-state index >= 15 is 0 Å². The van der Waals surface area contributed by atoms with Gasteiger partial charge < -0.3 is 10.1 Å². The van der Waals surface area contributed by atoms with E-state index in [1.807, 2.05) is 37.3 Å². The minimum atomic E-state index is -0.292. The normalized spacial score (nSPS) is 10.8. The number of nitrogens with zero attached hydrogens (tertiary/aromatic N) is 5. The highest BCUT2D eigenvalue weighted by Gasteiger charge is 2.12. The summed E-state index contributed by atoms with van der Waals surface area (Å²) in [5.74, 6) is -0.292. The second-order valence-electron chi connectivity index (χ2n) is 5.11. The van der Waals surface area contributed by atoms with Gasteiger partial charge in [-0.05, 0) is 6.92 Å². The van der Waals surface area contributed by atoms with Crippen LogP contribution in [-0.4, -0.2) is 44.3 Å². The first-order chi connectivity index (χ1) is 12.3. The number of aromatic nitrogens is 5. The van der Waals surface area contributed by atoms with Crippen LogP contribution in [0, 0.1) is 0 Å². The lowest BCUT2D eigenvalue weighted by molar-refractivity contribution is 0.0945. The van der Waals surface area contributed by atoms with Gasteiger partial charge in [0, 0.05) is 12.2 Å². The molecule has 0 radical (unpaired) electrons. The molecule has 130 valence electrons. The third kappa shape index (κ3) is 4.68. The zero-order chi connectivity index (χ0) is 17.5. The van der Waals surface area contributed by atoms with Crippen LogP contribution in [0.15, 0.2) is 36.5 Å². The topological polar surface area (TPSA) is 94.8 Å². The summed E-state index contributed by atoms with van der Waals surface area (Å²) in [7, 11) is 0. The summed E-state index contributed by atoms with van der Waals surface area (Å²) in [6.07, 6.45) is 1.60. The van der Waals surface area contributed by atoms with E-state index in [0.717, 1.165) is 15.6 Å². The average molecular weight is 358 g/mol. The maximum absolute atomic E-state index is 12.1. The van der Waals surface area contributed by atoms with Crippen molar-refractivity contribution in [1.29, 1.82) is 0 Å². The average Bonchev–Trinajstić information content (AvgIpc) is 3.30. The summed E-state index contributed by atoms with van der Waals surface area (Å²) in [4.78, 5) is 12.1. The Morgan fingerprint density at radius 2 is 2.08 bits per heavy atom. The fourth-order valence-corrected chi connectivity index (χ4v) is 2.87. The van der Waals surface area contributed by atoms with E-state index < -0.39 is 0 Å². The third-order valence-electron chi connectivity index (χ3n) is 3.33. The largest absolute Gasteiger partial charge is 0.380 e. The highest BCUT2D eigenvalue weighted by Crippen LogP contribution is 2.22. The lowest BCUT2D eigenvalue weighted by atomic mass is 10.2. The van der Waals surface area contributed by atoms with E-state index in [0.29, 0.717) is 26.3 Å². The summed E-state index contributed by atoms with van der Waals surface area (Å²) in [6, 6.07) is 9.81. The molecule has 9 heteroatoms. The summed E-state index contributed by atoms with van der Waals surface area (Å²) in [5.41, 5.74) is 1.28. The molecule has 0 atom stereocenters. The number of ether oxygens (including phenoxy) is 1. The van der Waals surface area contributed by atoms with Gasteiger partial charge in [0.15, 0.2) is 5.69 Å². The molecule has 2 aromatic heterocycles. The Labute approximate surface area is 148 Å². The van der Waals surface area contributed by atoms with Gasteiger partial charge in [0.1, 0.15) is 10.0 Å². The summed E-state index contributed by atoms with van der Waals surface area (Å²) >= 11 is 1.45. The van der Waals surface area contributed by atoms with Gasteiger partial charge >= 0.3 is 0 Å². The SMILES string of the molecule is CCOCCn1cc(C(=O)NCc2nnc(-c3ccccc3)s2)nn1. The number of hydrogen-bond acceptors (Lipinski definition) is 7. The molecule has 0 aliphatic rings. The fourth-order valence-electron chi connectivity index (χ4n) is 2.08. The van der Waals surface area contributed by atoms with Crippen molar-refractivity contribution in [2.24, 2.45) is 0 Å². The van der Waals surface area contributed by atoms with Crippen LogP contribution in [-0.2, 0) is 17.8 Å². The Morgan fingerprint density at radius 3 is 2.88 bits per heavy atom. The second-order valence-corrected chi connectivity index (χ2v) is 6.18. The standard InChI is InChI=1S/C16H18N6O2S/c1-2-24-9-8-22-11-13(18-21-22)15(23)17-10-14-19-20-16(25-14)12-6-4-3-5-7-12/h3-7,11H,2,8-10H2,1H3,(H,17,23). The van der Waals surface area contributed by atoms with Crippen LogP contribution in [0.2, 0.25) is 0 Å². The number of carbonyl (C=O) groups is 1. The van der Waals surface area contributed by atoms with Crippen molar-refractivity contribution >= 4 is 17.2 Å². The molecule has 8 nitrogen and oxygen atoms in total. The Kier molecular flexibility index (Phi) is 5.81. The Morgan fingerprint density at radius 1 is 1.24 bits per heavy atom. The summed E-state index contributed by atoms with van der Waals surface area (Å²) in [5, 5.41) is 20.4. The van der Waals surface area contributed by atoms with Gasteiger partial charge in [0.25, 0.3) is 5.91 Å². The molecule has 1 N–H and O–H groups in total. The van der Waals surface area contributed by atoms with Crippen molar-refractivity contribution < 1.29 is 9.53 Å². The predicted octanol–water partition coefficient (Wildman–Crippen LogP) is 1.76. The number of benzene rings is 1. The van der Waals surface area contributed by atoms with E-state index in [1.54, 1.807) is 10.9 Å². The first-order valence-electron chi connectivity index (χ1n) is 7.90. The molecular weight excluding hydrogens is 340 g/mol. The monoisotopic (exact) mass is 358 g/mol. The number of hydrogen-bond donors (Lipinski definition) is 1. The number of rotatable bonds is 8. The third-order valence-corrected chi connectivity index (χ3v) is 4.30. The molecule has 25 heavy (non-hydrogen) atoms. The maximum atomic E-state index is 12.1. The van der Waals surface area contributed by atoms with E-state index in [1.165, 1.54) is 11.3 Å². The van der Waals surface area contributed by atoms with Crippen molar-refractivity contribution in [2.75, 3.05) is 13.2 Å². The van der Waals surface area contributed by atoms with Crippen LogP contribution < -0.4 is 5.32 Å². The molecule has 1 amide bonds. The Balaban J connectivity index is 1.53. The van der Waals surface area contributed by atoms with Crippen molar-refractivity contribution in [3.8, 4) is 10.6 Å². The van der Waals surface area contributed by atoms with E-state index in [4.69, 9.17) is 4.74 Å².